The molecule has 0 saturated heterocycles. The third-order valence-corrected chi connectivity index (χ3v) is 8.96. The lowest BCUT2D eigenvalue weighted by Crippen LogP contribution is -2.12. The molecular formula is C28H27ClN10O10S2. The number of nitro groups is 2. The van der Waals surface area contributed by atoms with Crippen LogP contribution < -0.4 is 21.3 Å². The predicted octanol–water partition coefficient (Wildman–Crippen LogP) is 3.05. The number of anilines is 1. The van der Waals surface area contributed by atoms with Gasteiger partial charge < -0.3 is 11.1 Å². The molecule has 51 heavy (non-hydrogen) atoms. The Balaban J connectivity index is 0.000000189. The van der Waals surface area contributed by atoms with Crippen LogP contribution in [-0.2, 0) is 32.9 Å². The van der Waals surface area contributed by atoms with Crippen LogP contribution in [0.1, 0.15) is 11.1 Å². The van der Waals surface area contributed by atoms with Crippen molar-refractivity contribution in [2.24, 2.45) is 16.0 Å². The lowest BCUT2D eigenvalue weighted by molar-refractivity contribution is -0.383. The van der Waals surface area contributed by atoms with E-state index in [0.717, 1.165) is 17.5 Å². The van der Waals surface area contributed by atoms with E-state index < -0.39 is 29.9 Å². The molecule has 6 rings (SSSR count). The number of nitrogens with two attached hydrogens (primary N) is 3. The summed E-state index contributed by atoms with van der Waals surface area (Å²) in [7, 11) is -7.27. The van der Waals surface area contributed by atoms with Gasteiger partial charge in [0.2, 0.25) is 31.1 Å². The van der Waals surface area contributed by atoms with E-state index in [9.17, 15) is 37.1 Å². The number of fused-ring (bicyclic) bond motifs is 2. The molecule has 0 saturated carbocycles. The predicted molar refractivity (Wildman–Crippen MR) is 183 cm³/mol. The van der Waals surface area contributed by atoms with Crippen molar-refractivity contribution < 1.29 is 35.9 Å². The van der Waals surface area contributed by atoms with Crippen molar-refractivity contribution in [2.45, 2.75) is 22.6 Å². The standard InChI is InChI=1S/C14H13N5O5S.C8H12N2O2S.C6H2ClN3O3/c15-25(22,23)10-3-1-9(2-4-10)7-8-16-11-5-6-12(19(20)21)14-13(11)17-24-18-14;9-6-5-7-1-3-8(4-2-7)13(10,11)12;7-3-1-2-4(10(11)12)6-5(3)8-13-9-6/h1-6,16H,7-8H2,(H2,15,22,23);1-4H,5-6,9H2,(H2,10,11,12);1-2H. The highest BCUT2D eigenvalue weighted by atomic mass is 35.5. The molecule has 0 radical (unpaired) electrons. The lowest BCUT2D eigenvalue weighted by Gasteiger charge is -2.07. The molecule has 20 nitrogen and oxygen atoms in total. The summed E-state index contributed by atoms with van der Waals surface area (Å²) in [6.45, 7) is 1.04. The topological polar surface area (TPSA) is 322 Å². The fourth-order valence-corrected chi connectivity index (χ4v) is 5.53. The molecule has 2 heterocycles. The van der Waals surface area contributed by atoms with E-state index in [1.165, 1.54) is 48.5 Å². The van der Waals surface area contributed by atoms with Gasteiger partial charge in [-0.3, -0.25) is 20.2 Å². The second-order valence-corrected chi connectivity index (χ2v) is 13.8. The molecule has 7 N–H and O–H groups in total. The number of primary sulfonamides is 2. The van der Waals surface area contributed by atoms with Gasteiger partial charge in [-0.1, -0.05) is 35.9 Å². The van der Waals surface area contributed by atoms with Gasteiger partial charge in [-0.2, -0.15) is 0 Å². The van der Waals surface area contributed by atoms with Crippen molar-refractivity contribution in [1.29, 1.82) is 0 Å². The SMILES string of the molecule is NCCc1ccc(S(N)(=O)=O)cc1.NS(=O)(=O)c1ccc(CCNc2ccc([N+](=O)[O-])c3nonc23)cc1.O=[N+]([O-])c1ccc(Cl)c2nonc12. The number of nitrogens with zero attached hydrogens (tertiary/aromatic N) is 6. The minimum absolute atomic E-state index is 0.0509. The molecule has 0 aliphatic heterocycles. The molecule has 0 fully saturated rings. The van der Waals surface area contributed by atoms with Crippen LogP contribution in [0.15, 0.2) is 91.8 Å². The van der Waals surface area contributed by atoms with Crippen LogP contribution in [0.2, 0.25) is 5.02 Å². The number of aromatic nitrogens is 4. The summed E-state index contributed by atoms with van der Waals surface area (Å²) in [5.74, 6) is 0. The maximum atomic E-state index is 11.2. The quantitative estimate of drug-likeness (QED) is 0.115. The first kappa shape index (κ1) is 38.2. The molecule has 268 valence electrons. The minimum Gasteiger partial charge on any atom is -0.383 e. The molecule has 6 aromatic rings. The smallest absolute Gasteiger partial charge is 0.300 e. The highest BCUT2D eigenvalue weighted by molar-refractivity contribution is 7.89. The average Bonchev–Trinajstić information content (AvgIpc) is 3.77. The number of non-ortho nitro benzene ring substituents is 2. The maximum absolute atomic E-state index is 11.2. The zero-order valence-electron chi connectivity index (χ0n) is 25.9. The van der Waals surface area contributed by atoms with Gasteiger partial charge in [-0.15, -0.1) is 0 Å². The fraction of sp³-hybridized carbons (Fsp3) is 0.143. The van der Waals surface area contributed by atoms with Crippen LogP contribution >= 0.6 is 11.6 Å². The molecule has 23 heteroatoms. The van der Waals surface area contributed by atoms with Gasteiger partial charge in [0.05, 0.1) is 30.3 Å². The van der Waals surface area contributed by atoms with Crippen LogP contribution in [0.3, 0.4) is 0 Å². The lowest BCUT2D eigenvalue weighted by atomic mass is 10.1. The van der Waals surface area contributed by atoms with Gasteiger partial charge in [0.15, 0.2) is 11.0 Å². The first-order valence-corrected chi connectivity index (χ1v) is 17.7. The van der Waals surface area contributed by atoms with Gasteiger partial charge in [0, 0.05) is 18.7 Å². The third kappa shape index (κ3) is 9.96. The van der Waals surface area contributed by atoms with E-state index in [1.54, 1.807) is 24.3 Å². The largest absolute Gasteiger partial charge is 0.383 e. The number of nitro benzene ring substituents is 2. The molecule has 0 amide bonds. The highest BCUT2D eigenvalue weighted by Gasteiger charge is 2.20. The third-order valence-electron chi connectivity index (χ3n) is 6.80. The van der Waals surface area contributed by atoms with Gasteiger partial charge in [-0.25, -0.2) is 36.4 Å². The van der Waals surface area contributed by atoms with Crippen LogP contribution in [-0.4, -0.2) is 60.4 Å². The van der Waals surface area contributed by atoms with Gasteiger partial charge in [-0.05, 0) is 87.5 Å². The average molecular weight is 763 g/mol. The Kier molecular flexibility index (Phi) is 12.2. The van der Waals surface area contributed by atoms with E-state index in [1.807, 2.05) is 0 Å². The summed E-state index contributed by atoms with van der Waals surface area (Å²) >= 11 is 5.69. The monoisotopic (exact) mass is 762 g/mol. The summed E-state index contributed by atoms with van der Waals surface area (Å²) in [4.78, 5) is 20.5. The van der Waals surface area contributed by atoms with E-state index in [0.29, 0.717) is 25.2 Å². The Labute approximate surface area is 292 Å². The molecular weight excluding hydrogens is 736 g/mol. The Hall–Kier alpha value is -5.65. The van der Waals surface area contributed by atoms with Crippen molar-refractivity contribution >= 4 is 70.8 Å². The zero-order chi connectivity index (χ0) is 37.3. The van der Waals surface area contributed by atoms with Crippen molar-refractivity contribution in [2.75, 3.05) is 18.4 Å². The Morgan fingerprint density at radius 1 is 0.647 bits per heavy atom. The van der Waals surface area contributed by atoms with Crippen molar-refractivity contribution in [3.05, 3.63) is 109 Å². The summed E-state index contributed by atoms with van der Waals surface area (Å²) in [6.07, 6.45) is 1.33. The zero-order valence-corrected chi connectivity index (χ0v) is 28.3. The molecule has 0 bridgehead atoms. The molecule has 0 spiro atoms. The van der Waals surface area contributed by atoms with Crippen LogP contribution in [0.5, 0.6) is 0 Å². The van der Waals surface area contributed by atoms with Crippen LogP contribution in [0.4, 0.5) is 17.1 Å². The Morgan fingerprint density at radius 2 is 1.08 bits per heavy atom. The first-order valence-electron chi connectivity index (χ1n) is 14.2. The first-order chi connectivity index (χ1) is 24.1. The van der Waals surface area contributed by atoms with Gasteiger partial charge in [0.1, 0.15) is 0 Å². The van der Waals surface area contributed by atoms with E-state index in [-0.39, 0.29) is 48.3 Å². The van der Waals surface area contributed by atoms with E-state index >= 15 is 0 Å². The van der Waals surface area contributed by atoms with Crippen LogP contribution in [0.25, 0.3) is 22.1 Å². The Bertz CT molecular complexity index is 2390. The molecule has 4 aromatic carbocycles. The summed E-state index contributed by atoms with van der Waals surface area (Å²) in [5, 5.41) is 48.9. The van der Waals surface area contributed by atoms with E-state index in [4.69, 9.17) is 27.6 Å². The minimum atomic E-state index is -3.71. The molecule has 2 aromatic heterocycles. The fourth-order valence-electron chi connectivity index (χ4n) is 4.31. The van der Waals surface area contributed by atoms with Crippen molar-refractivity contribution in [1.82, 2.24) is 20.6 Å². The number of hydrogen-bond donors (Lipinski definition) is 4. The number of hydrogen-bond acceptors (Lipinski definition) is 16. The number of sulfonamides is 2. The molecule has 0 aliphatic rings. The number of nitrogens with one attached hydrogen (secondary N) is 1. The maximum Gasteiger partial charge on any atom is 0.300 e. The second-order valence-electron chi connectivity index (χ2n) is 10.2. The number of rotatable bonds is 10. The van der Waals surface area contributed by atoms with Gasteiger partial charge >= 0.3 is 11.4 Å². The van der Waals surface area contributed by atoms with Gasteiger partial charge in [0.25, 0.3) is 0 Å². The number of halogens is 1. The van der Waals surface area contributed by atoms with E-state index in [2.05, 4.69) is 35.2 Å². The highest BCUT2D eigenvalue weighted by Crippen LogP contribution is 2.29. The Morgan fingerprint density at radius 3 is 1.55 bits per heavy atom. The molecule has 0 atom stereocenters. The summed E-state index contributed by atoms with van der Waals surface area (Å²) in [6, 6.07) is 18.1. The summed E-state index contributed by atoms with van der Waals surface area (Å²) < 4.78 is 53.1. The van der Waals surface area contributed by atoms with Crippen LogP contribution in [0, 0.1) is 20.2 Å². The summed E-state index contributed by atoms with van der Waals surface area (Å²) in [5.41, 5.74) is 8.09. The number of benzene rings is 4. The second kappa shape index (κ2) is 16.4. The van der Waals surface area contributed by atoms with Crippen molar-refractivity contribution in [3.8, 4) is 0 Å². The molecule has 0 aliphatic carbocycles. The normalized spacial score (nSPS) is 11.3. The molecule has 0 unspecified atom stereocenters. The van der Waals surface area contributed by atoms with Crippen molar-refractivity contribution in [3.63, 3.8) is 0 Å².